The van der Waals surface area contributed by atoms with E-state index >= 15 is 0 Å². The quantitative estimate of drug-likeness (QED) is 0.0288. The number of aliphatic imine (C=N–C) groups is 1. The second-order valence-electron chi connectivity index (χ2n) is 9.28. The number of halogens is 3. The third-order valence-corrected chi connectivity index (χ3v) is 5.62. The van der Waals surface area contributed by atoms with Gasteiger partial charge < -0.3 is 49.1 Å². The zero-order valence-corrected chi connectivity index (χ0v) is 24.3. The van der Waals surface area contributed by atoms with Crippen LogP contribution in [0.1, 0.15) is 30.4 Å². The van der Waals surface area contributed by atoms with Crippen LogP contribution in [0, 0.1) is 11.3 Å². The number of nitrogen functional groups attached to an aromatic ring is 1. The van der Waals surface area contributed by atoms with E-state index in [1.807, 2.05) is 0 Å². The van der Waals surface area contributed by atoms with Crippen molar-refractivity contribution in [1.29, 1.82) is 5.41 Å². The number of amides is 4. The first-order valence-electron chi connectivity index (χ1n) is 13.1. The first-order chi connectivity index (χ1) is 21.3. The van der Waals surface area contributed by atoms with Crippen molar-refractivity contribution in [2.45, 2.75) is 43.9 Å². The Morgan fingerprint density at radius 2 is 1.48 bits per heavy atom. The van der Waals surface area contributed by atoms with E-state index < -0.39 is 66.2 Å². The Morgan fingerprint density at radius 3 is 1.91 bits per heavy atom. The molecule has 3 atom stereocenters. The molecule has 0 heterocycles. The average Bonchev–Trinajstić information content (AvgIpc) is 2.95. The van der Waals surface area contributed by atoms with Crippen LogP contribution in [0.5, 0.6) is 0 Å². The first-order valence-corrected chi connectivity index (χ1v) is 13.1. The number of amidine groups is 1. The molecule has 0 bridgehead atoms. The van der Waals surface area contributed by atoms with E-state index in [-0.39, 0.29) is 44.1 Å². The van der Waals surface area contributed by atoms with Crippen LogP contribution >= 0.6 is 0 Å². The molecule has 46 heavy (non-hydrogen) atoms. The van der Waals surface area contributed by atoms with E-state index in [0.717, 1.165) is 0 Å². The Balaban J connectivity index is 0.00000258. The van der Waals surface area contributed by atoms with Gasteiger partial charge in [0.2, 0.25) is 23.6 Å². The molecule has 0 saturated heterocycles. The van der Waals surface area contributed by atoms with Gasteiger partial charge in [0.05, 0.1) is 6.42 Å². The van der Waals surface area contributed by atoms with Crippen molar-refractivity contribution in [2.24, 2.45) is 33.8 Å². The van der Waals surface area contributed by atoms with Crippen molar-refractivity contribution >= 4 is 47.4 Å². The molecule has 14 N–H and O–H groups in total. The fourth-order valence-electron chi connectivity index (χ4n) is 3.37. The smallest absolute Gasteiger partial charge is 0.481 e. The molecule has 1 unspecified atom stereocenters. The van der Waals surface area contributed by atoms with Gasteiger partial charge in [-0.15, -0.1) is 6.58 Å². The van der Waals surface area contributed by atoms with Crippen molar-refractivity contribution in [3.63, 3.8) is 0 Å². The van der Waals surface area contributed by atoms with Crippen molar-refractivity contribution in [1.82, 2.24) is 16.0 Å². The second kappa shape index (κ2) is 19.6. The van der Waals surface area contributed by atoms with Crippen LogP contribution in [0.3, 0.4) is 0 Å². The third kappa shape index (κ3) is 16.2. The van der Waals surface area contributed by atoms with Gasteiger partial charge in [-0.3, -0.25) is 34.4 Å². The SMILES string of the molecule is C=CCNC(=O)C(Cc1ccc(C(=N)N)cc1)C(=O)N[C@@H](CC(=O)O)C(=O)N[C@@H](CCCN=C(N)N)C(N)=O.O=C(O)C(F)(F)F. The molecule has 4 amide bonds. The minimum atomic E-state index is -5.08. The fraction of sp³-hybridized carbons (Fsp3) is 0.385. The molecule has 0 spiro atoms. The molecule has 0 aliphatic heterocycles. The Bertz CT molecular complexity index is 1300. The van der Waals surface area contributed by atoms with Gasteiger partial charge in [-0.05, 0) is 24.8 Å². The summed E-state index contributed by atoms with van der Waals surface area (Å²) in [5.74, 6) is -9.31. The molecular weight excluding hydrogens is 623 g/mol. The Labute approximate surface area is 260 Å². The monoisotopic (exact) mass is 659 g/mol. The van der Waals surface area contributed by atoms with Crippen LogP contribution in [0.25, 0.3) is 0 Å². The van der Waals surface area contributed by atoms with Gasteiger partial charge >= 0.3 is 18.1 Å². The number of primary amides is 1. The summed E-state index contributed by atoms with van der Waals surface area (Å²) >= 11 is 0. The van der Waals surface area contributed by atoms with Crippen LogP contribution in [0.4, 0.5) is 13.2 Å². The van der Waals surface area contributed by atoms with Crippen molar-refractivity contribution in [3.8, 4) is 0 Å². The fourth-order valence-corrected chi connectivity index (χ4v) is 3.37. The van der Waals surface area contributed by atoms with E-state index in [4.69, 9.17) is 38.2 Å². The number of benzene rings is 1. The number of hydrogen-bond acceptors (Lipinski definition) is 8. The summed E-state index contributed by atoms with van der Waals surface area (Å²) in [5.41, 5.74) is 22.3. The molecular formula is C26H36F3N9O8. The molecule has 0 saturated carbocycles. The number of nitrogens with two attached hydrogens (primary N) is 4. The molecule has 254 valence electrons. The van der Waals surface area contributed by atoms with Crippen LogP contribution in [-0.4, -0.2) is 88.9 Å². The highest BCUT2D eigenvalue weighted by Gasteiger charge is 2.38. The number of nitrogens with zero attached hydrogens (tertiary/aromatic N) is 1. The van der Waals surface area contributed by atoms with E-state index in [1.165, 1.54) is 6.08 Å². The molecule has 17 nitrogen and oxygen atoms in total. The number of alkyl halides is 3. The highest BCUT2D eigenvalue weighted by atomic mass is 19.4. The molecule has 0 aliphatic carbocycles. The van der Waals surface area contributed by atoms with Crippen molar-refractivity contribution in [3.05, 3.63) is 48.0 Å². The number of carboxylic acids is 2. The lowest BCUT2D eigenvalue weighted by molar-refractivity contribution is -0.192. The number of rotatable bonds is 17. The maximum absolute atomic E-state index is 13.2. The Morgan fingerprint density at radius 1 is 0.935 bits per heavy atom. The van der Waals surface area contributed by atoms with E-state index in [2.05, 4.69) is 27.5 Å². The maximum atomic E-state index is 13.2. The van der Waals surface area contributed by atoms with Crippen LogP contribution in [0.15, 0.2) is 41.9 Å². The van der Waals surface area contributed by atoms with Gasteiger partial charge in [-0.1, -0.05) is 30.3 Å². The predicted molar refractivity (Wildman–Crippen MR) is 157 cm³/mol. The molecule has 0 aliphatic rings. The summed E-state index contributed by atoms with van der Waals surface area (Å²) in [5, 5.41) is 31.1. The summed E-state index contributed by atoms with van der Waals surface area (Å²) in [6, 6.07) is 3.45. The molecule has 0 fully saturated rings. The number of carbonyl (C=O) groups excluding carboxylic acids is 4. The van der Waals surface area contributed by atoms with Crippen LogP contribution < -0.4 is 38.9 Å². The summed E-state index contributed by atoms with van der Waals surface area (Å²) in [4.78, 5) is 74.8. The van der Waals surface area contributed by atoms with Crippen molar-refractivity contribution < 1.29 is 52.2 Å². The summed E-state index contributed by atoms with van der Waals surface area (Å²) in [6.45, 7) is 3.73. The molecule has 1 aromatic carbocycles. The number of aliphatic carboxylic acids is 2. The lowest BCUT2D eigenvalue weighted by atomic mass is 9.96. The highest BCUT2D eigenvalue weighted by molar-refractivity contribution is 6.03. The minimum absolute atomic E-state index is 0.0500. The number of guanidine groups is 1. The van der Waals surface area contributed by atoms with E-state index in [0.29, 0.717) is 11.1 Å². The average molecular weight is 660 g/mol. The molecule has 0 radical (unpaired) electrons. The normalized spacial score (nSPS) is 12.4. The first kappa shape index (κ1) is 40.3. The number of carbonyl (C=O) groups is 6. The van der Waals surface area contributed by atoms with Gasteiger partial charge in [0.1, 0.15) is 23.8 Å². The topological polar surface area (TPSA) is 319 Å². The molecule has 20 heteroatoms. The third-order valence-electron chi connectivity index (χ3n) is 5.62. The second-order valence-corrected chi connectivity index (χ2v) is 9.28. The Kier molecular flexibility index (Phi) is 17.1. The highest BCUT2D eigenvalue weighted by Crippen LogP contribution is 2.14. The molecule has 0 aromatic heterocycles. The van der Waals surface area contributed by atoms with Crippen LogP contribution in [-0.2, 0) is 35.2 Å². The van der Waals surface area contributed by atoms with E-state index in [9.17, 15) is 42.3 Å². The number of nitrogens with one attached hydrogen (secondary N) is 4. The number of hydrogen-bond donors (Lipinski definition) is 10. The largest absolute Gasteiger partial charge is 0.490 e. The predicted octanol–water partition coefficient (Wildman–Crippen LogP) is -1.95. The zero-order valence-electron chi connectivity index (χ0n) is 24.3. The minimum Gasteiger partial charge on any atom is -0.481 e. The summed E-state index contributed by atoms with van der Waals surface area (Å²) in [7, 11) is 0. The van der Waals surface area contributed by atoms with Gasteiger partial charge in [-0.2, -0.15) is 13.2 Å². The maximum Gasteiger partial charge on any atom is 0.490 e. The summed E-state index contributed by atoms with van der Waals surface area (Å²) in [6.07, 6.45) is -4.29. The molecule has 1 aromatic rings. The lowest BCUT2D eigenvalue weighted by Gasteiger charge is -2.23. The lowest BCUT2D eigenvalue weighted by Crippen LogP contribution is -2.55. The Hall–Kier alpha value is -5.69. The van der Waals surface area contributed by atoms with Gasteiger partial charge in [-0.25, -0.2) is 4.79 Å². The zero-order chi connectivity index (χ0) is 35.6. The standard InChI is InChI=1S/C24H35N9O6.C2HF3O2/c1-2-9-30-21(37)15(11-13-5-7-14(8-6-13)19(25)26)22(38)33-17(12-18(34)35)23(39)32-16(20(27)36)4-3-10-31-24(28)29;3-2(4,5)1(6)7/h2,5-8,15-17H,1,3-4,9-12H2,(H3,25,26)(H2,27,36)(H,30,37)(H,32,39)(H,33,38)(H,34,35)(H4,28,29,31);(H,6,7)/t15?,16-,17-;/m0./s1. The molecule has 1 rings (SSSR count). The summed E-state index contributed by atoms with van der Waals surface area (Å²) < 4.78 is 31.7. The van der Waals surface area contributed by atoms with Crippen molar-refractivity contribution in [2.75, 3.05) is 13.1 Å². The van der Waals surface area contributed by atoms with Gasteiger partial charge in [0.25, 0.3) is 0 Å². The van der Waals surface area contributed by atoms with Gasteiger partial charge in [0, 0.05) is 18.7 Å². The van der Waals surface area contributed by atoms with Crippen LogP contribution in [0.2, 0.25) is 0 Å². The van der Waals surface area contributed by atoms with E-state index in [1.54, 1.807) is 24.3 Å². The van der Waals surface area contributed by atoms with Gasteiger partial charge in [0.15, 0.2) is 5.96 Å². The number of carboxylic acid groups (broad SMARTS) is 2.